The highest BCUT2D eigenvalue weighted by atomic mass is 32.2. The van der Waals surface area contributed by atoms with Gasteiger partial charge in [0.2, 0.25) is 0 Å². The molecule has 36 heavy (non-hydrogen) atoms. The fraction of sp³-hybridized carbons (Fsp3) is 0.120. The monoisotopic (exact) mass is 503 g/mol. The topological polar surface area (TPSA) is 129 Å². The summed E-state index contributed by atoms with van der Waals surface area (Å²) >= 11 is 1.11. The summed E-state index contributed by atoms with van der Waals surface area (Å²) in [4.78, 5) is 40.8. The number of fused-ring (bicyclic) bond motifs is 1. The van der Waals surface area contributed by atoms with Crippen molar-refractivity contribution in [2.75, 3.05) is 12.9 Å². The molecule has 0 aliphatic heterocycles. The molecule has 0 bridgehead atoms. The van der Waals surface area contributed by atoms with Gasteiger partial charge in [-0.05, 0) is 61.0 Å². The lowest BCUT2D eigenvalue weighted by atomic mass is 10.1. The van der Waals surface area contributed by atoms with Crippen molar-refractivity contribution in [3.63, 3.8) is 0 Å². The Morgan fingerprint density at radius 1 is 1.11 bits per heavy atom. The maximum Gasteiger partial charge on any atom is 0.269 e. The first-order valence-electron chi connectivity index (χ1n) is 10.7. The van der Waals surface area contributed by atoms with Gasteiger partial charge in [-0.15, -0.1) is 0 Å². The average Bonchev–Trinajstić information content (AvgIpc) is 2.90. The van der Waals surface area contributed by atoms with Gasteiger partial charge in [0.1, 0.15) is 5.75 Å². The predicted octanol–water partition coefficient (Wildman–Crippen LogP) is 3.94. The molecule has 0 aliphatic rings. The van der Waals surface area contributed by atoms with Gasteiger partial charge in [0.25, 0.3) is 17.2 Å². The van der Waals surface area contributed by atoms with Crippen LogP contribution in [0, 0.1) is 10.1 Å². The van der Waals surface area contributed by atoms with Crippen molar-refractivity contribution in [2.45, 2.75) is 12.1 Å². The Hall–Kier alpha value is -4.51. The molecule has 0 spiro atoms. The molecule has 0 radical (unpaired) electrons. The van der Waals surface area contributed by atoms with E-state index in [1.165, 1.54) is 16.7 Å². The molecule has 3 aromatic carbocycles. The van der Waals surface area contributed by atoms with Crippen molar-refractivity contribution in [1.82, 2.24) is 15.0 Å². The first-order chi connectivity index (χ1) is 17.4. The van der Waals surface area contributed by atoms with Crippen LogP contribution in [0.4, 0.5) is 5.69 Å². The number of para-hydroxylation sites is 1. The number of thioether (sulfide) groups is 1. The Morgan fingerprint density at radius 2 is 1.81 bits per heavy atom. The lowest BCUT2D eigenvalue weighted by molar-refractivity contribution is -0.384. The highest BCUT2D eigenvalue weighted by Gasteiger charge is 2.15. The van der Waals surface area contributed by atoms with Gasteiger partial charge < -0.3 is 4.74 Å². The molecule has 0 saturated heterocycles. The number of non-ortho nitro benzene ring substituents is 1. The molecule has 0 unspecified atom stereocenters. The van der Waals surface area contributed by atoms with Gasteiger partial charge in [-0.1, -0.05) is 23.9 Å². The molecule has 1 amide bonds. The number of carbonyl (C=O) groups excluding carboxylic acids is 1. The number of rotatable bonds is 8. The number of aromatic nitrogens is 2. The molecule has 1 aromatic heterocycles. The number of ether oxygens (including phenoxy) is 1. The van der Waals surface area contributed by atoms with Crippen molar-refractivity contribution in [1.29, 1.82) is 0 Å². The number of hydrogen-bond donors (Lipinski definition) is 1. The quantitative estimate of drug-likeness (QED) is 0.127. The molecule has 0 aliphatic carbocycles. The minimum Gasteiger partial charge on any atom is -0.497 e. The third kappa shape index (κ3) is 5.41. The van der Waals surface area contributed by atoms with E-state index >= 15 is 0 Å². The first kappa shape index (κ1) is 24.6. The Bertz CT molecular complexity index is 1520. The summed E-state index contributed by atoms with van der Waals surface area (Å²) in [6, 6.07) is 19.9. The van der Waals surface area contributed by atoms with Crippen LogP contribution >= 0.6 is 11.8 Å². The Morgan fingerprint density at radius 3 is 2.47 bits per heavy atom. The van der Waals surface area contributed by atoms with E-state index in [0.717, 1.165) is 11.8 Å². The zero-order valence-corrected chi connectivity index (χ0v) is 20.2. The van der Waals surface area contributed by atoms with Crippen LogP contribution in [0.2, 0.25) is 0 Å². The highest BCUT2D eigenvalue weighted by molar-refractivity contribution is 7.99. The van der Waals surface area contributed by atoms with Crippen LogP contribution in [0.15, 0.2) is 87.8 Å². The summed E-state index contributed by atoms with van der Waals surface area (Å²) in [5.74, 6) is 0.207. The molecule has 11 heteroatoms. The second kappa shape index (κ2) is 10.8. The van der Waals surface area contributed by atoms with Crippen molar-refractivity contribution < 1.29 is 14.5 Å². The van der Waals surface area contributed by atoms with Gasteiger partial charge in [-0.2, -0.15) is 5.10 Å². The van der Waals surface area contributed by atoms with Crippen LogP contribution in [-0.2, 0) is 4.79 Å². The highest BCUT2D eigenvalue weighted by Crippen LogP contribution is 2.23. The standard InChI is InChI=1S/C25H21N5O5S/c1-16(17-7-9-19(10-8-17)30(33)34)27-28-23(31)15-36-25-26-22-6-4-3-5-21(22)24(32)29(25)18-11-13-20(35-2)14-12-18/h3-14H,15H2,1-2H3,(H,28,31). The molecule has 10 nitrogen and oxygen atoms in total. The Labute approximate surface area is 209 Å². The maximum atomic E-state index is 13.3. The summed E-state index contributed by atoms with van der Waals surface area (Å²) in [5.41, 5.74) is 4.44. The number of hydrogen-bond acceptors (Lipinski definition) is 8. The molecule has 0 atom stereocenters. The fourth-order valence-electron chi connectivity index (χ4n) is 3.37. The molecule has 1 N–H and O–H groups in total. The van der Waals surface area contributed by atoms with Crippen molar-refractivity contribution >= 4 is 40.0 Å². The number of nitro benzene ring substituents is 1. The third-order valence-corrected chi connectivity index (χ3v) is 6.19. The number of benzene rings is 3. The average molecular weight is 504 g/mol. The summed E-state index contributed by atoms with van der Waals surface area (Å²) in [5, 5.41) is 15.7. The third-order valence-electron chi connectivity index (χ3n) is 5.25. The summed E-state index contributed by atoms with van der Waals surface area (Å²) in [7, 11) is 1.56. The fourth-order valence-corrected chi connectivity index (χ4v) is 4.17. The van der Waals surface area contributed by atoms with E-state index in [-0.39, 0.29) is 17.0 Å². The van der Waals surface area contributed by atoms with Gasteiger partial charge >= 0.3 is 0 Å². The number of carbonyl (C=O) groups is 1. The zero-order valence-electron chi connectivity index (χ0n) is 19.4. The van der Waals surface area contributed by atoms with Crippen LogP contribution in [-0.4, -0.2) is 39.0 Å². The van der Waals surface area contributed by atoms with Gasteiger partial charge in [0.15, 0.2) is 5.16 Å². The molecule has 4 aromatic rings. The maximum absolute atomic E-state index is 13.3. The van der Waals surface area contributed by atoms with Crippen LogP contribution in [0.1, 0.15) is 12.5 Å². The largest absolute Gasteiger partial charge is 0.497 e. The second-order valence-corrected chi connectivity index (χ2v) is 8.52. The van der Waals surface area contributed by atoms with Crippen molar-refractivity contribution in [3.8, 4) is 11.4 Å². The van der Waals surface area contributed by atoms with Crippen molar-refractivity contribution in [3.05, 3.63) is 98.8 Å². The lowest BCUT2D eigenvalue weighted by Crippen LogP contribution is -2.24. The van der Waals surface area contributed by atoms with Gasteiger partial charge in [0.05, 0.1) is 40.1 Å². The van der Waals surface area contributed by atoms with E-state index in [4.69, 9.17) is 4.74 Å². The predicted molar refractivity (Wildman–Crippen MR) is 138 cm³/mol. The van der Waals surface area contributed by atoms with Crippen molar-refractivity contribution in [2.24, 2.45) is 5.10 Å². The first-order valence-corrected chi connectivity index (χ1v) is 11.7. The van der Waals surface area contributed by atoms with E-state index in [1.807, 2.05) is 0 Å². The number of nitro groups is 1. The van der Waals surface area contributed by atoms with E-state index in [9.17, 15) is 19.7 Å². The molecule has 1 heterocycles. The molecular formula is C25H21N5O5S. The smallest absolute Gasteiger partial charge is 0.269 e. The van der Waals surface area contributed by atoms with Gasteiger partial charge in [-0.3, -0.25) is 24.3 Å². The molecule has 4 rings (SSSR count). The summed E-state index contributed by atoms with van der Waals surface area (Å²) in [6.45, 7) is 1.68. The van der Waals surface area contributed by atoms with Crippen LogP contribution in [0.25, 0.3) is 16.6 Å². The van der Waals surface area contributed by atoms with E-state index in [2.05, 4.69) is 15.5 Å². The van der Waals surface area contributed by atoms with Crippen LogP contribution in [0.3, 0.4) is 0 Å². The van der Waals surface area contributed by atoms with Gasteiger partial charge in [-0.25, -0.2) is 10.4 Å². The minimum atomic E-state index is -0.485. The number of nitrogens with zero attached hydrogens (tertiary/aromatic N) is 4. The summed E-state index contributed by atoms with van der Waals surface area (Å²) in [6.07, 6.45) is 0. The van der Waals surface area contributed by atoms with Crippen LogP contribution in [0.5, 0.6) is 5.75 Å². The molecular weight excluding hydrogens is 482 g/mol. The molecule has 0 fully saturated rings. The SMILES string of the molecule is COc1ccc(-n2c(SCC(=O)NN=C(C)c3ccc([N+](=O)[O-])cc3)nc3ccccc3c2=O)cc1. The number of nitrogens with one attached hydrogen (secondary N) is 1. The number of amides is 1. The van der Waals surface area contributed by atoms with Crippen LogP contribution < -0.4 is 15.7 Å². The molecule has 0 saturated carbocycles. The minimum absolute atomic E-state index is 0.0298. The molecule has 182 valence electrons. The normalized spacial score (nSPS) is 11.3. The van der Waals surface area contributed by atoms with E-state index in [1.54, 1.807) is 74.7 Å². The Kier molecular flexibility index (Phi) is 7.40. The number of hydrazone groups is 1. The zero-order chi connectivity index (χ0) is 25.7. The lowest BCUT2D eigenvalue weighted by Gasteiger charge is -2.13. The van der Waals surface area contributed by atoms with Gasteiger partial charge in [0, 0.05) is 12.1 Å². The Balaban J connectivity index is 1.54. The number of methoxy groups -OCH3 is 1. The van der Waals surface area contributed by atoms with E-state index in [0.29, 0.717) is 38.8 Å². The summed E-state index contributed by atoms with van der Waals surface area (Å²) < 4.78 is 6.67. The van der Waals surface area contributed by atoms with E-state index < -0.39 is 10.8 Å². The second-order valence-electron chi connectivity index (χ2n) is 7.57.